The Morgan fingerprint density at radius 2 is 1.27 bits per heavy atom. The lowest BCUT2D eigenvalue weighted by Gasteiger charge is -2.30. The smallest absolute Gasteiger partial charge is 0.408 e. The molecule has 7 nitrogen and oxygen atoms in total. The first-order valence-electron chi connectivity index (χ1n) is 11.0. The third kappa shape index (κ3) is 7.69. The van der Waals surface area contributed by atoms with Crippen LogP contribution in [0, 0.1) is 10.8 Å². The number of rotatable bonds is 6. The SMILES string of the molecule is COC(=O)[C@](C)(Cc1ccc(C(=O)C(C)(C)C)c(C(=O)C(C)(C)C)c1)NC(=O)OC(C)(C)C. The number of carbonyl (C=O) groups excluding carboxylic acids is 4. The molecule has 0 saturated carbocycles. The highest BCUT2D eigenvalue weighted by Gasteiger charge is 2.39. The van der Waals surface area contributed by atoms with Crippen molar-refractivity contribution in [2.75, 3.05) is 7.11 Å². The van der Waals surface area contributed by atoms with E-state index in [1.54, 1.807) is 80.5 Å². The minimum atomic E-state index is -1.45. The van der Waals surface area contributed by atoms with Gasteiger partial charge >= 0.3 is 12.1 Å². The number of nitrogens with one attached hydrogen (secondary N) is 1. The number of Topliss-reactive ketones (excluding diaryl/α,β-unsaturated/α-hetero) is 2. The molecule has 33 heavy (non-hydrogen) atoms. The van der Waals surface area contributed by atoms with E-state index in [0.29, 0.717) is 16.7 Å². The summed E-state index contributed by atoms with van der Waals surface area (Å²) >= 11 is 0. The molecule has 1 rings (SSSR count). The van der Waals surface area contributed by atoms with Crippen LogP contribution in [0.2, 0.25) is 0 Å². The van der Waals surface area contributed by atoms with E-state index in [0.717, 1.165) is 0 Å². The molecule has 0 fully saturated rings. The van der Waals surface area contributed by atoms with Crippen LogP contribution in [0.15, 0.2) is 18.2 Å². The van der Waals surface area contributed by atoms with E-state index in [9.17, 15) is 19.2 Å². The number of amides is 1. The van der Waals surface area contributed by atoms with Crippen molar-refractivity contribution in [3.05, 3.63) is 34.9 Å². The predicted molar refractivity (Wildman–Crippen MR) is 128 cm³/mol. The summed E-state index contributed by atoms with van der Waals surface area (Å²) in [5.74, 6) is -0.993. The number of alkyl carbamates (subject to hydrolysis) is 1. The molecule has 0 radical (unpaired) electrons. The molecule has 7 heteroatoms. The largest absolute Gasteiger partial charge is 0.467 e. The van der Waals surface area contributed by atoms with Crippen molar-refractivity contribution in [2.24, 2.45) is 10.8 Å². The zero-order valence-corrected chi connectivity index (χ0v) is 21.9. The van der Waals surface area contributed by atoms with Gasteiger partial charge in [-0.25, -0.2) is 9.59 Å². The van der Waals surface area contributed by atoms with Crippen molar-refractivity contribution in [3.63, 3.8) is 0 Å². The van der Waals surface area contributed by atoms with Crippen LogP contribution in [0.1, 0.15) is 95.5 Å². The molecule has 184 valence electrons. The maximum atomic E-state index is 13.2. The molecule has 0 bridgehead atoms. The van der Waals surface area contributed by atoms with E-state index < -0.39 is 34.0 Å². The standard InChI is InChI=1S/C26H39NO6/c1-23(2,3)19(28)17-13-12-16(14-18(17)20(29)24(4,5)6)15-26(10,21(30)32-11)27-22(31)33-25(7,8)9/h12-14H,15H2,1-11H3,(H,27,31)/t26-/m0/s1. The molecule has 0 aliphatic heterocycles. The first-order valence-corrected chi connectivity index (χ1v) is 11.0. The van der Waals surface area contributed by atoms with Gasteiger partial charge in [0.1, 0.15) is 11.1 Å². The first-order chi connectivity index (χ1) is 14.7. The molecule has 0 unspecified atom stereocenters. The second-order valence-electron chi connectivity index (χ2n) is 11.7. The predicted octanol–water partition coefficient (Wildman–Crippen LogP) is 5.14. The van der Waals surface area contributed by atoms with Gasteiger partial charge in [0, 0.05) is 28.4 Å². The molecule has 1 aromatic rings. The Hall–Kier alpha value is -2.70. The summed E-state index contributed by atoms with van der Waals surface area (Å²) in [5, 5.41) is 2.60. The summed E-state index contributed by atoms with van der Waals surface area (Å²) in [6, 6.07) is 4.94. The van der Waals surface area contributed by atoms with Crippen LogP contribution < -0.4 is 5.32 Å². The number of carbonyl (C=O) groups is 4. The van der Waals surface area contributed by atoms with Crippen LogP contribution in [0.5, 0.6) is 0 Å². The Balaban J connectivity index is 3.51. The Kier molecular flexibility index (Phi) is 8.29. The van der Waals surface area contributed by atoms with Crippen LogP contribution in [0.4, 0.5) is 4.79 Å². The Labute approximate surface area is 197 Å². The third-order valence-corrected chi connectivity index (χ3v) is 4.91. The molecule has 0 spiro atoms. The summed E-state index contributed by atoms with van der Waals surface area (Å²) in [7, 11) is 1.23. The Bertz CT molecular complexity index is 928. The number of esters is 1. The molecular formula is C26H39NO6. The van der Waals surface area contributed by atoms with E-state index in [-0.39, 0.29) is 18.0 Å². The van der Waals surface area contributed by atoms with Gasteiger partial charge in [0.2, 0.25) is 0 Å². The number of hydrogen-bond donors (Lipinski definition) is 1. The number of methoxy groups -OCH3 is 1. The molecule has 1 N–H and O–H groups in total. The van der Waals surface area contributed by atoms with E-state index in [4.69, 9.17) is 9.47 Å². The molecule has 0 aliphatic carbocycles. The molecule has 0 heterocycles. The number of hydrogen-bond acceptors (Lipinski definition) is 6. The van der Waals surface area contributed by atoms with Crippen LogP contribution in [-0.4, -0.2) is 41.9 Å². The van der Waals surface area contributed by atoms with Crippen LogP contribution in [-0.2, 0) is 20.7 Å². The van der Waals surface area contributed by atoms with Crippen LogP contribution in [0.25, 0.3) is 0 Å². The van der Waals surface area contributed by atoms with Crippen molar-refractivity contribution < 1.29 is 28.7 Å². The van der Waals surface area contributed by atoms with Crippen molar-refractivity contribution >= 4 is 23.6 Å². The summed E-state index contributed by atoms with van der Waals surface area (Å²) in [4.78, 5) is 51.3. The van der Waals surface area contributed by atoms with Crippen LogP contribution >= 0.6 is 0 Å². The molecule has 1 atom stereocenters. The quantitative estimate of drug-likeness (QED) is 0.465. The lowest BCUT2D eigenvalue weighted by molar-refractivity contribution is -0.147. The minimum Gasteiger partial charge on any atom is -0.467 e. The molecule has 1 amide bonds. The Morgan fingerprint density at radius 1 is 0.788 bits per heavy atom. The topological polar surface area (TPSA) is 98.8 Å². The average molecular weight is 462 g/mol. The minimum absolute atomic E-state index is 0.0350. The summed E-state index contributed by atoms with van der Waals surface area (Å²) in [5.41, 5.74) is -2.36. The van der Waals surface area contributed by atoms with Gasteiger partial charge in [-0.1, -0.05) is 53.7 Å². The van der Waals surface area contributed by atoms with Gasteiger partial charge in [-0.2, -0.15) is 0 Å². The maximum absolute atomic E-state index is 13.2. The van der Waals surface area contributed by atoms with Gasteiger partial charge in [0.15, 0.2) is 11.6 Å². The first kappa shape index (κ1) is 28.3. The second kappa shape index (κ2) is 9.65. The normalized spacial score (nSPS) is 14.2. The van der Waals surface area contributed by atoms with Gasteiger partial charge < -0.3 is 14.8 Å². The molecule has 0 saturated heterocycles. The summed E-state index contributed by atoms with van der Waals surface area (Å²) in [6.07, 6.45) is -0.728. The summed E-state index contributed by atoms with van der Waals surface area (Å²) in [6.45, 7) is 17.4. The number of benzene rings is 1. The molecule has 0 aromatic heterocycles. The highest BCUT2D eigenvalue weighted by Crippen LogP contribution is 2.30. The fourth-order valence-corrected chi connectivity index (χ4v) is 3.23. The lowest BCUT2D eigenvalue weighted by atomic mass is 9.78. The van der Waals surface area contributed by atoms with Crippen molar-refractivity contribution in [1.82, 2.24) is 5.32 Å². The maximum Gasteiger partial charge on any atom is 0.408 e. The van der Waals surface area contributed by atoms with Gasteiger partial charge in [-0.05, 0) is 39.3 Å². The fraction of sp³-hybridized carbons (Fsp3) is 0.615. The average Bonchev–Trinajstić information content (AvgIpc) is 2.62. The fourth-order valence-electron chi connectivity index (χ4n) is 3.23. The van der Waals surface area contributed by atoms with Gasteiger partial charge in [-0.15, -0.1) is 0 Å². The molecular weight excluding hydrogens is 422 g/mol. The monoisotopic (exact) mass is 461 g/mol. The number of ketones is 2. The zero-order chi connectivity index (χ0) is 26.0. The Morgan fingerprint density at radius 3 is 1.70 bits per heavy atom. The van der Waals surface area contributed by atoms with E-state index in [1.807, 2.05) is 0 Å². The highest BCUT2D eigenvalue weighted by molar-refractivity contribution is 6.12. The zero-order valence-electron chi connectivity index (χ0n) is 21.9. The number of ether oxygens (including phenoxy) is 2. The lowest BCUT2D eigenvalue weighted by Crippen LogP contribution is -2.55. The van der Waals surface area contributed by atoms with Crippen molar-refractivity contribution in [1.29, 1.82) is 0 Å². The highest BCUT2D eigenvalue weighted by atomic mass is 16.6. The second-order valence-corrected chi connectivity index (χ2v) is 11.7. The molecule has 1 aromatic carbocycles. The molecule has 0 aliphatic rings. The van der Waals surface area contributed by atoms with Crippen molar-refractivity contribution in [3.8, 4) is 0 Å². The third-order valence-electron chi connectivity index (χ3n) is 4.91. The van der Waals surface area contributed by atoms with E-state index in [1.165, 1.54) is 14.0 Å². The summed E-state index contributed by atoms with van der Waals surface area (Å²) < 4.78 is 10.2. The van der Waals surface area contributed by atoms with Crippen molar-refractivity contribution in [2.45, 2.75) is 86.8 Å². The van der Waals surface area contributed by atoms with Crippen LogP contribution in [0.3, 0.4) is 0 Å². The van der Waals surface area contributed by atoms with Gasteiger partial charge in [0.25, 0.3) is 0 Å². The van der Waals surface area contributed by atoms with E-state index in [2.05, 4.69) is 5.32 Å². The van der Waals surface area contributed by atoms with E-state index >= 15 is 0 Å². The van der Waals surface area contributed by atoms with Gasteiger partial charge in [0.05, 0.1) is 7.11 Å². The van der Waals surface area contributed by atoms with Gasteiger partial charge in [-0.3, -0.25) is 9.59 Å².